The molecule has 0 spiro atoms. The van der Waals surface area contributed by atoms with Gasteiger partial charge in [-0.05, 0) is 58.4 Å². The van der Waals surface area contributed by atoms with Crippen LogP contribution in [-0.4, -0.2) is 35.9 Å². The van der Waals surface area contributed by atoms with Crippen LogP contribution in [0.1, 0.15) is 35.1 Å². The largest absolute Gasteiger partial charge is 0.374 e. The molecule has 0 bridgehead atoms. The first-order valence-electron chi connectivity index (χ1n) is 16.8. The van der Waals surface area contributed by atoms with Crippen LogP contribution in [0.15, 0.2) is 133 Å². The summed E-state index contributed by atoms with van der Waals surface area (Å²) in [6.45, 7) is 1.60. The number of halogens is 1. The van der Waals surface area contributed by atoms with Crippen molar-refractivity contribution in [3.05, 3.63) is 166 Å². The van der Waals surface area contributed by atoms with E-state index in [2.05, 4.69) is 4.94 Å². The highest BCUT2D eigenvalue weighted by molar-refractivity contribution is 5.68. The van der Waals surface area contributed by atoms with Crippen LogP contribution in [0.2, 0.25) is 0 Å². The highest BCUT2D eigenvalue weighted by Crippen LogP contribution is 2.34. The fourth-order valence-corrected chi connectivity index (χ4v) is 6.28. The standard InChI is InChI=1S/C41H40FNO7/c42-50-38-21-19-34(33-17-10-18-36(24-33)43(44)45)23-35(38)20-22-39-41(48-28-32-15-8-3-9-16-32)40(47-27-31-13-6-2-7-14-31)25-37(49-39)29-46-26-30-11-4-1-5-12-30/h1-19,21,23-24,37,39-41H,20,22,25-29H2. The van der Waals surface area contributed by atoms with E-state index in [1.165, 1.54) is 12.1 Å². The Labute approximate surface area is 291 Å². The fourth-order valence-electron chi connectivity index (χ4n) is 6.28. The molecule has 0 N–H and O–H groups in total. The Kier molecular flexibility index (Phi) is 12.3. The second kappa shape index (κ2) is 17.6. The molecule has 1 aliphatic rings. The minimum absolute atomic E-state index is 0.0223. The van der Waals surface area contributed by atoms with Crippen molar-refractivity contribution in [1.29, 1.82) is 0 Å². The lowest BCUT2D eigenvalue weighted by atomic mass is 9.92. The number of nitro groups is 1. The summed E-state index contributed by atoms with van der Waals surface area (Å²) in [7, 11) is 0. The van der Waals surface area contributed by atoms with Gasteiger partial charge in [-0.25, -0.2) is 0 Å². The molecule has 0 aromatic heterocycles. The van der Waals surface area contributed by atoms with Gasteiger partial charge < -0.3 is 18.9 Å². The van der Waals surface area contributed by atoms with Crippen molar-refractivity contribution in [2.75, 3.05) is 6.61 Å². The van der Waals surface area contributed by atoms with Gasteiger partial charge in [-0.15, -0.1) is 0 Å². The lowest BCUT2D eigenvalue weighted by molar-refractivity contribution is -0.384. The zero-order valence-electron chi connectivity index (χ0n) is 27.6. The van der Waals surface area contributed by atoms with Crippen LogP contribution < -0.4 is 4.94 Å². The molecule has 5 aromatic carbocycles. The fraction of sp³-hybridized carbons (Fsp3) is 0.268. The van der Waals surface area contributed by atoms with Gasteiger partial charge in [-0.1, -0.05) is 109 Å². The maximum absolute atomic E-state index is 13.8. The van der Waals surface area contributed by atoms with Gasteiger partial charge >= 0.3 is 0 Å². The lowest BCUT2D eigenvalue weighted by Crippen LogP contribution is -2.51. The van der Waals surface area contributed by atoms with Gasteiger partial charge in [0, 0.05) is 23.1 Å². The lowest BCUT2D eigenvalue weighted by Gasteiger charge is -2.42. The van der Waals surface area contributed by atoms with E-state index in [1.54, 1.807) is 30.3 Å². The monoisotopic (exact) mass is 677 g/mol. The zero-order chi connectivity index (χ0) is 34.5. The van der Waals surface area contributed by atoms with Crippen molar-refractivity contribution < 1.29 is 33.3 Å². The number of hydrogen-bond donors (Lipinski definition) is 0. The van der Waals surface area contributed by atoms with E-state index in [4.69, 9.17) is 18.9 Å². The number of hydrogen-bond acceptors (Lipinski definition) is 7. The van der Waals surface area contributed by atoms with E-state index in [1.807, 2.05) is 91.0 Å². The number of aryl methyl sites for hydroxylation is 1. The molecule has 4 unspecified atom stereocenters. The molecule has 5 aromatic rings. The molecule has 4 atom stereocenters. The van der Waals surface area contributed by atoms with Crippen LogP contribution in [-0.2, 0) is 45.2 Å². The van der Waals surface area contributed by atoms with Gasteiger partial charge in [-0.2, -0.15) is 0 Å². The summed E-state index contributed by atoms with van der Waals surface area (Å²) in [4.78, 5) is 15.2. The average molecular weight is 678 g/mol. The minimum atomic E-state index is -0.435. The second-order valence-electron chi connectivity index (χ2n) is 12.4. The van der Waals surface area contributed by atoms with Crippen molar-refractivity contribution in [3.8, 4) is 16.9 Å². The van der Waals surface area contributed by atoms with Crippen LogP contribution in [0.4, 0.5) is 10.2 Å². The van der Waals surface area contributed by atoms with Crippen molar-refractivity contribution in [2.45, 2.75) is 63.5 Å². The summed E-state index contributed by atoms with van der Waals surface area (Å²) in [6, 6.07) is 41.4. The zero-order valence-corrected chi connectivity index (χ0v) is 27.6. The number of nitro benzene ring substituents is 1. The molecule has 0 amide bonds. The number of nitrogens with zero attached hydrogens (tertiary/aromatic N) is 1. The molecule has 258 valence electrons. The summed E-state index contributed by atoms with van der Waals surface area (Å²) in [5, 5.41) is 11.4. The number of rotatable bonds is 16. The van der Waals surface area contributed by atoms with Crippen LogP contribution in [0.5, 0.6) is 5.75 Å². The molecule has 0 radical (unpaired) electrons. The summed E-state index contributed by atoms with van der Waals surface area (Å²) in [6.07, 6.45) is -0.00881. The van der Waals surface area contributed by atoms with Crippen LogP contribution in [0.25, 0.3) is 11.1 Å². The average Bonchev–Trinajstić information content (AvgIpc) is 3.17. The maximum Gasteiger partial charge on any atom is 0.270 e. The summed E-state index contributed by atoms with van der Waals surface area (Å²) in [5.41, 5.74) is 5.09. The number of non-ortho nitro benzene ring substituents is 1. The summed E-state index contributed by atoms with van der Waals surface area (Å²) in [5.74, 6) is 0.0800. The Morgan fingerprint density at radius 2 is 1.34 bits per heavy atom. The van der Waals surface area contributed by atoms with Crippen molar-refractivity contribution in [3.63, 3.8) is 0 Å². The Hall–Kier alpha value is -4.93. The van der Waals surface area contributed by atoms with Crippen molar-refractivity contribution in [2.24, 2.45) is 0 Å². The molecule has 1 aliphatic heterocycles. The molecule has 1 heterocycles. The second-order valence-corrected chi connectivity index (χ2v) is 12.4. The molecular formula is C41H40FNO7. The smallest absolute Gasteiger partial charge is 0.270 e. The molecule has 1 fully saturated rings. The molecule has 0 saturated carbocycles. The highest BCUT2D eigenvalue weighted by Gasteiger charge is 2.40. The van der Waals surface area contributed by atoms with E-state index in [-0.39, 0.29) is 23.6 Å². The molecule has 50 heavy (non-hydrogen) atoms. The van der Waals surface area contributed by atoms with E-state index in [0.29, 0.717) is 62.4 Å². The molecule has 0 aliphatic carbocycles. The third-order valence-electron chi connectivity index (χ3n) is 8.83. The van der Waals surface area contributed by atoms with Gasteiger partial charge in [0.25, 0.3) is 5.69 Å². The predicted molar refractivity (Wildman–Crippen MR) is 188 cm³/mol. The maximum atomic E-state index is 13.8. The van der Waals surface area contributed by atoms with Crippen molar-refractivity contribution >= 4 is 5.69 Å². The number of benzene rings is 5. The van der Waals surface area contributed by atoms with Crippen LogP contribution in [0, 0.1) is 10.1 Å². The third kappa shape index (κ3) is 9.61. The van der Waals surface area contributed by atoms with E-state index >= 15 is 0 Å². The first-order chi connectivity index (χ1) is 24.6. The van der Waals surface area contributed by atoms with Crippen molar-refractivity contribution in [1.82, 2.24) is 0 Å². The molecule has 8 nitrogen and oxygen atoms in total. The summed E-state index contributed by atoms with van der Waals surface area (Å²) >= 11 is 0. The van der Waals surface area contributed by atoms with Gasteiger partial charge in [0.15, 0.2) is 5.75 Å². The molecular weight excluding hydrogens is 637 g/mol. The Morgan fingerprint density at radius 1 is 0.720 bits per heavy atom. The van der Waals surface area contributed by atoms with E-state index in [0.717, 1.165) is 16.7 Å². The first kappa shape index (κ1) is 34.9. The quantitative estimate of drug-likeness (QED) is 0.0761. The molecule has 1 saturated heterocycles. The molecule has 9 heteroatoms. The minimum Gasteiger partial charge on any atom is -0.374 e. The summed E-state index contributed by atoms with van der Waals surface area (Å²) < 4.78 is 39.9. The third-order valence-corrected chi connectivity index (χ3v) is 8.83. The van der Waals surface area contributed by atoms with Gasteiger partial charge in [0.1, 0.15) is 6.10 Å². The van der Waals surface area contributed by atoms with Crippen LogP contribution >= 0.6 is 0 Å². The first-order valence-corrected chi connectivity index (χ1v) is 16.8. The highest BCUT2D eigenvalue weighted by atomic mass is 19.3. The topological polar surface area (TPSA) is 89.3 Å². The Morgan fingerprint density at radius 3 is 1.98 bits per heavy atom. The normalized spacial score (nSPS) is 18.8. The number of ether oxygens (including phenoxy) is 4. The van der Waals surface area contributed by atoms with E-state index < -0.39 is 17.1 Å². The Bertz CT molecular complexity index is 1790. The van der Waals surface area contributed by atoms with Crippen LogP contribution in [0.3, 0.4) is 0 Å². The predicted octanol–water partition coefficient (Wildman–Crippen LogP) is 9.00. The SMILES string of the molecule is O=[N+]([O-])c1cccc(-c2ccc(OF)c(CCC3OC(COCc4ccccc4)CC(OCc4ccccc4)C3OCc3ccccc3)c2)c1. The molecule has 6 rings (SSSR count). The Balaban J connectivity index is 1.24. The van der Waals surface area contributed by atoms with Gasteiger partial charge in [-0.3, -0.25) is 15.1 Å². The van der Waals surface area contributed by atoms with Gasteiger partial charge in [0.05, 0.1) is 49.7 Å². The van der Waals surface area contributed by atoms with Gasteiger partial charge in [0.2, 0.25) is 0 Å². The van der Waals surface area contributed by atoms with E-state index in [9.17, 15) is 14.6 Å².